The molecule has 0 unspecified atom stereocenters. The fourth-order valence-corrected chi connectivity index (χ4v) is 1.92. The van der Waals surface area contributed by atoms with Gasteiger partial charge in [-0.15, -0.1) is 0 Å². The predicted octanol–water partition coefficient (Wildman–Crippen LogP) is 1.61. The van der Waals surface area contributed by atoms with Crippen LogP contribution in [-0.4, -0.2) is 20.1 Å². The molecule has 0 aliphatic rings. The van der Waals surface area contributed by atoms with Gasteiger partial charge in [-0.3, -0.25) is 0 Å². The number of aromatic nitrogens is 4. The second-order valence-electron chi connectivity index (χ2n) is 3.97. The van der Waals surface area contributed by atoms with E-state index >= 15 is 0 Å². The zero-order valence-corrected chi connectivity index (χ0v) is 9.51. The van der Waals surface area contributed by atoms with Crippen LogP contribution in [0.2, 0.25) is 0 Å². The number of nitrogen functional groups attached to an aromatic ring is 1. The Balaban J connectivity index is 2.34. The molecule has 0 fully saturated rings. The van der Waals surface area contributed by atoms with Crippen molar-refractivity contribution < 1.29 is 4.63 Å². The Labute approximate surface area is 97.0 Å². The molecule has 2 aromatic heterocycles. The molecule has 0 bridgehead atoms. The van der Waals surface area contributed by atoms with E-state index in [4.69, 9.17) is 10.4 Å². The summed E-state index contributed by atoms with van der Waals surface area (Å²) in [6.07, 6.45) is 0. The standard InChI is InChI=1S/C11H11N5O/c1-6-5-7(2)16(13-6)9-4-3-8(12)10-11(9)15-17-14-10/h3-5H,12H2,1-2H3. The van der Waals surface area contributed by atoms with E-state index in [1.807, 2.05) is 26.0 Å². The van der Waals surface area contributed by atoms with Crippen LogP contribution in [-0.2, 0) is 0 Å². The largest absolute Gasteiger partial charge is 0.397 e. The van der Waals surface area contributed by atoms with Gasteiger partial charge in [0.2, 0.25) is 0 Å². The van der Waals surface area contributed by atoms with E-state index in [1.165, 1.54) is 0 Å². The summed E-state index contributed by atoms with van der Waals surface area (Å²) in [7, 11) is 0. The van der Waals surface area contributed by atoms with Crippen LogP contribution in [0, 0.1) is 13.8 Å². The van der Waals surface area contributed by atoms with Gasteiger partial charge in [0.25, 0.3) is 0 Å². The van der Waals surface area contributed by atoms with Gasteiger partial charge in [0.05, 0.1) is 17.1 Å². The van der Waals surface area contributed by atoms with E-state index in [2.05, 4.69) is 15.4 Å². The maximum Gasteiger partial charge on any atom is 0.163 e. The topological polar surface area (TPSA) is 82.8 Å². The smallest absolute Gasteiger partial charge is 0.163 e. The minimum atomic E-state index is 0.548. The van der Waals surface area contributed by atoms with Gasteiger partial charge in [-0.1, -0.05) is 0 Å². The van der Waals surface area contributed by atoms with E-state index < -0.39 is 0 Å². The van der Waals surface area contributed by atoms with Gasteiger partial charge >= 0.3 is 0 Å². The van der Waals surface area contributed by atoms with Gasteiger partial charge in [-0.2, -0.15) is 5.10 Å². The van der Waals surface area contributed by atoms with Crippen LogP contribution in [0.25, 0.3) is 16.7 Å². The van der Waals surface area contributed by atoms with Gasteiger partial charge in [0.15, 0.2) is 11.0 Å². The lowest BCUT2D eigenvalue weighted by Crippen LogP contribution is -2.01. The van der Waals surface area contributed by atoms with Crippen molar-refractivity contribution in [2.75, 3.05) is 5.73 Å². The van der Waals surface area contributed by atoms with Crippen LogP contribution >= 0.6 is 0 Å². The van der Waals surface area contributed by atoms with Crippen molar-refractivity contribution in [1.82, 2.24) is 20.1 Å². The molecule has 17 heavy (non-hydrogen) atoms. The van der Waals surface area contributed by atoms with Crippen molar-refractivity contribution in [3.8, 4) is 5.69 Å². The number of fused-ring (bicyclic) bond motifs is 1. The zero-order valence-electron chi connectivity index (χ0n) is 9.51. The average Bonchev–Trinajstić information content (AvgIpc) is 2.87. The second-order valence-corrected chi connectivity index (χ2v) is 3.97. The third-order valence-corrected chi connectivity index (χ3v) is 2.66. The van der Waals surface area contributed by atoms with Crippen LogP contribution in [0.1, 0.15) is 11.4 Å². The first-order chi connectivity index (χ1) is 8.16. The fraction of sp³-hybridized carbons (Fsp3) is 0.182. The highest BCUT2D eigenvalue weighted by Crippen LogP contribution is 2.24. The molecule has 2 N–H and O–H groups in total. The molecule has 0 atom stereocenters. The zero-order chi connectivity index (χ0) is 12.0. The van der Waals surface area contributed by atoms with E-state index in [0.717, 1.165) is 17.1 Å². The summed E-state index contributed by atoms with van der Waals surface area (Å²) in [6, 6.07) is 5.63. The van der Waals surface area contributed by atoms with Crippen LogP contribution in [0.5, 0.6) is 0 Å². The average molecular weight is 229 g/mol. The molecule has 0 spiro atoms. The highest BCUT2D eigenvalue weighted by atomic mass is 16.6. The molecular formula is C11H11N5O. The third-order valence-electron chi connectivity index (χ3n) is 2.66. The summed E-state index contributed by atoms with van der Waals surface area (Å²) < 4.78 is 6.54. The summed E-state index contributed by atoms with van der Waals surface area (Å²) >= 11 is 0. The minimum Gasteiger partial charge on any atom is -0.397 e. The first kappa shape index (κ1) is 9.83. The Morgan fingerprint density at radius 3 is 2.65 bits per heavy atom. The Kier molecular flexibility index (Phi) is 1.91. The predicted molar refractivity (Wildman–Crippen MR) is 62.8 cm³/mol. The molecule has 0 amide bonds. The summed E-state index contributed by atoms with van der Waals surface area (Å²) in [5, 5.41) is 12.1. The SMILES string of the molecule is Cc1cc(C)n(-c2ccc(N)c3nonc23)n1. The van der Waals surface area contributed by atoms with Crippen molar-refractivity contribution in [2.24, 2.45) is 0 Å². The number of nitrogens with zero attached hydrogens (tertiary/aromatic N) is 4. The molecule has 3 aromatic rings. The molecule has 0 saturated carbocycles. The monoisotopic (exact) mass is 229 g/mol. The summed E-state index contributed by atoms with van der Waals surface area (Å²) in [4.78, 5) is 0. The van der Waals surface area contributed by atoms with Gasteiger partial charge in [0, 0.05) is 5.69 Å². The van der Waals surface area contributed by atoms with Crippen molar-refractivity contribution in [2.45, 2.75) is 13.8 Å². The summed E-state index contributed by atoms with van der Waals surface area (Å²) in [6.45, 7) is 3.93. The first-order valence-electron chi connectivity index (χ1n) is 5.21. The maximum atomic E-state index is 5.80. The maximum absolute atomic E-state index is 5.80. The molecule has 3 rings (SSSR count). The molecule has 86 valence electrons. The number of anilines is 1. The third kappa shape index (κ3) is 1.37. The van der Waals surface area contributed by atoms with Crippen molar-refractivity contribution in [1.29, 1.82) is 0 Å². The molecule has 1 aromatic carbocycles. The van der Waals surface area contributed by atoms with Gasteiger partial charge in [-0.25, -0.2) is 9.31 Å². The number of aryl methyl sites for hydroxylation is 2. The molecule has 0 radical (unpaired) electrons. The molecule has 6 nitrogen and oxygen atoms in total. The molecule has 2 heterocycles. The van der Waals surface area contributed by atoms with E-state index in [0.29, 0.717) is 16.7 Å². The highest BCUT2D eigenvalue weighted by molar-refractivity contribution is 5.91. The molecule has 6 heteroatoms. The number of rotatable bonds is 1. The summed E-state index contributed by atoms with van der Waals surface area (Å²) in [5.41, 5.74) is 10.3. The lowest BCUT2D eigenvalue weighted by molar-refractivity contribution is 0.315. The van der Waals surface area contributed by atoms with E-state index in [-0.39, 0.29) is 0 Å². The number of hydrogen-bond acceptors (Lipinski definition) is 5. The number of benzene rings is 1. The molecule has 0 aliphatic heterocycles. The molecule has 0 aliphatic carbocycles. The van der Waals surface area contributed by atoms with Gasteiger partial charge in [0.1, 0.15) is 0 Å². The number of nitrogens with two attached hydrogens (primary N) is 1. The highest BCUT2D eigenvalue weighted by Gasteiger charge is 2.13. The van der Waals surface area contributed by atoms with Crippen LogP contribution in [0.15, 0.2) is 22.8 Å². The first-order valence-corrected chi connectivity index (χ1v) is 5.21. The Hall–Kier alpha value is -2.37. The van der Waals surface area contributed by atoms with E-state index in [9.17, 15) is 0 Å². The normalized spacial score (nSPS) is 11.2. The summed E-state index contributed by atoms with van der Waals surface area (Å²) in [5.74, 6) is 0. The van der Waals surface area contributed by atoms with Crippen LogP contribution in [0.3, 0.4) is 0 Å². The van der Waals surface area contributed by atoms with Crippen molar-refractivity contribution in [3.63, 3.8) is 0 Å². The van der Waals surface area contributed by atoms with Crippen LogP contribution in [0.4, 0.5) is 5.69 Å². The van der Waals surface area contributed by atoms with Gasteiger partial charge < -0.3 is 5.73 Å². The number of hydrogen-bond donors (Lipinski definition) is 1. The van der Waals surface area contributed by atoms with Crippen molar-refractivity contribution in [3.05, 3.63) is 29.6 Å². The lowest BCUT2D eigenvalue weighted by atomic mass is 10.2. The second kappa shape index (κ2) is 3.31. The van der Waals surface area contributed by atoms with Crippen molar-refractivity contribution >= 4 is 16.7 Å². The minimum absolute atomic E-state index is 0.548. The lowest BCUT2D eigenvalue weighted by Gasteiger charge is -2.04. The van der Waals surface area contributed by atoms with Crippen LogP contribution < -0.4 is 5.73 Å². The molecular weight excluding hydrogens is 218 g/mol. The van der Waals surface area contributed by atoms with E-state index in [1.54, 1.807) is 10.7 Å². The Morgan fingerprint density at radius 1 is 1.18 bits per heavy atom. The quantitative estimate of drug-likeness (QED) is 0.641. The Morgan fingerprint density at radius 2 is 1.94 bits per heavy atom. The molecule has 0 saturated heterocycles. The fourth-order valence-electron chi connectivity index (χ4n) is 1.92. The Bertz CT molecular complexity index is 697. The van der Waals surface area contributed by atoms with Gasteiger partial charge in [-0.05, 0) is 42.4 Å².